The first-order valence-electron chi connectivity index (χ1n) is 24.6. The minimum absolute atomic E-state index is 0.283. The molecule has 0 unspecified atom stereocenters. The average molecular weight is 1160 g/mol. The Hall–Kier alpha value is -5.96. The summed E-state index contributed by atoms with van der Waals surface area (Å²) in [6.45, 7) is 9.43. The van der Waals surface area contributed by atoms with Crippen molar-refractivity contribution in [3.63, 3.8) is 0 Å². The minimum atomic E-state index is -1.86. The second kappa shape index (κ2) is 36.2. The Morgan fingerprint density at radius 1 is 0.455 bits per heavy atom. The van der Waals surface area contributed by atoms with Gasteiger partial charge in [-0.15, -0.1) is 0 Å². The van der Waals surface area contributed by atoms with Crippen LogP contribution in [0.2, 0.25) is 0 Å². The highest BCUT2D eigenvalue weighted by Crippen LogP contribution is 2.13. The van der Waals surface area contributed by atoms with E-state index in [1.165, 1.54) is 0 Å². The van der Waals surface area contributed by atoms with E-state index in [1.807, 2.05) is 0 Å². The van der Waals surface area contributed by atoms with Crippen LogP contribution in [0.5, 0.6) is 0 Å². The Morgan fingerprint density at radius 2 is 0.792 bits per heavy atom. The third kappa shape index (κ3) is 24.9. The van der Waals surface area contributed by atoms with Crippen molar-refractivity contribution in [2.24, 2.45) is 29.2 Å². The summed E-state index contributed by atoms with van der Waals surface area (Å²) < 4.78 is 0. The molecule has 0 aliphatic rings. The molecule has 0 rings (SSSR count). The molecule has 0 radical (unpaired) electrons. The molecule has 0 heterocycles. The zero-order chi connectivity index (χ0) is 59.4. The number of thiol groups is 3. The van der Waals surface area contributed by atoms with Gasteiger partial charge in [-0.1, -0.05) is 54.4 Å². The van der Waals surface area contributed by atoms with Crippen molar-refractivity contribution in [2.45, 2.75) is 154 Å². The van der Waals surface area contributed by atoms with Crippen molar-refractivity contribution in [1.29, 1.82) is 0 Å². The van der Waals surface area contributed by atoms with Crippen LogP contribution in [0.4, 0.5) is 0 Å². The second-order valence-electron chi connectivity index (χ2n) is 18.3. The molecule has 0 aliphatic heterocycles. The van der Waals surface area contributed by atoms with E-state index in [0.29, 0.717) is 12.8 Å². The lowest BCUT2D eigenvalue weighted by atomic mass is 9.96. The van der Waals surface area contributed by atoms with Crippen molar-refractivity contribution >= 4 is 115 Å². The highest BCUT2D eigenvalue weighted by molar-refractivity contribution is 7.80. The van der Waals surface area contributed by atoms with Crippen molar-refractivity contribution < 1.29 is 82.8 Å². The zero-order valence-corrected chi connectivity index (χ0v) is 46.6. The van der Waals surface area contributed by atoms with Gasteiger partial charge in [-0.2, -0.15) is 37.9 Å². The van der Waals surface area contributed by atoms with E-state index in [1.54, 1.807) is 41.5 Å². The molecule has 13 atom stereocenters. The van der Waals surface area contributed by atoms with Crippen LogP contribution in [0.25, 0.3) is 0 Å². The largest absolute Gasteiger partial charge is 0.481 e. The number of carboxylic acids is 2. The number of aliphatic carboxylic acids is 2. The lowest BCUT2D eigenvalue weighted by Gasteiger charge is -2.29. The zero-order valence-electron chi connectivity index (χ0n) is 44.0. The summed E-state index contributed by atoms with van der Waals surface area (Å²) in [6.07, 6.45) is -3.19. The molecule has 0 aromatic rings. The molecular formula is C45H78N12O17S3. The molecule has 11 amide bonds. The topological polar surface area (TPSA) is 475 Å². The van der Waals surface area contributed by atoms with Gasteiger partial charge in [0.25, 0.3) is 0 Å². The maximum absolute atomic E-state index is 13.8. The molecule has 0 aromatic heterocycles. The van der Waals surface area contributed by atoms with E-state index in [4.69, 9.17) is 11.5 Å². The van der Waals surface area contributed by atoms with E-state index < -0.39 is 212 Å². The van der Waals surface area contributed by atoms with Crippen molar-refractivity contribution in [2.75, 3.05) is 30.4 Å². The molecule has 438 valence electrons. The normalized spacial score (nSPS) is 16.2. The molecule has 0 saturated carbocycles. The summed E-state index contributed by atoms with van der Waals surface area (Å²) in [5.41, 5.74) is 10.7. The van der Waals surface area contributed by atoms with Gasteiger partial charge in [0.1, 0.15) is 60.4 Å². The van der Waals surface area contributed by atoms with Gasteiger partial charge >= 0.3 is 11.9 Å². The summed E-state index contributed by atoms with van der Waals surface area (Å²) in [6, 6.07) is -15.5. The predicted molar refractivity (Wildman–Crippen MR) is 285 cm³/mol. The highest BCUT2D eigenvalue weighted by Gasteiger charge is 2.38. The van der Waals surface area contributed by atoms with E-state index in [0.717, 1.165) is 6.92 Å². The number of primary amides is 1. The van der Waals surface area contributed by atoms with Gasteiger partial charge in [0.2, 0.25) is 65.0 Å². The van der Waals surface area contributed by atoms with Crippen LogP contribution in [-0.2, 0) is 62.3 Å². The van der Waals surface area contributed by atoms with Crippen LogP contribution in [0.15, 0.2) is 0 Å². The predicted octanol–water partition coefficient (Wildman–Crippen LogP) is -6.08. The van der Waals surface area contributed by atoms with E-state index in [2.05, 4.69) is 91.1 Å². The lowest BCUT2D eigenvalue weighted by molar-refractivity contribution is -0.142. The molecule has 0 spiro atoms. The van der Waals surface area contributed by atoms with Crippen molar-refractivity contribution in [1.82, 2.24) is 53.2 Å². The van der Waals surface area contributed by atoms with Crippen LogP contribution in [0.1, 0.15) is 87.0 Å². The molecule has 0 aromatic carbocycles. The first-order valence-corrected chi connectivity index (χ1v) is 26.5. The van der Waals surface area contributed by atoms with Gasteiger partial charge in [-0.05, 0) is 37.5 Å². The number of amides is 11. The molecule has 0 bridgehead atoms. The SMILES string of the molecule is CC[C@H](C)[C@H](NC(=O)CN)C(=O)N[C@H](C(=O)N[C@@H](CCC(=O)O)C(=O)N[C@@H](CCC(N)=O)C(=O)N[C@@H](CS)C(=O)N[C@@H](CS)C(=O)N[C@H](C(=O)N[C@@H](CO)C(=O)N[C@H](C(=O)N[C@@H](CS)C(=O)O)[C@@H](C)CC)[C@@H](C)O)C(C)C. The number of carbonyl (C=O) groups excluding carboxylic acids is 11. The number of nitrogens with one attached hydrogen (secondary N) is 10. The molecule has 0 aliphatic carbocycles. The molecule has 32 heteroatoms. The molecule has 29 nitrogen and oxygen atoms in total. The van der Waals surface area contributed by atoms with Crippen molar-refractivity contribution in [3.8, 4) is 0 Å². The summed E-state index contributed by atoms with van der Waals surface area (Å²) >= 11 is 12.1. The molecule has 77 heavy (non-hydrogen) atoms. The summed E-state index contributed by atoms with van der Waals surface area (Å²) in [4.78, 5) is 169. The van der Waals surface area contributed by atoms with Crippen molar-refractivity contribution in [3.05, 3.63) is 0 Å². The summed E-state index contributed by atoms with van der Waals surface area (Å²) in [5.74, 6) is -16.6. The van der Waals surface area contributed by atoms with Crippen LogP contribution in [-0.4, -0.2) is 194 Å². The Labute approximate surface area is 462 Å². The number of hydrogen-bond donors (Lipinski definition) is 19. The fourth-order valence-corrected chi connectivity index (χ4v) is 7.55. The van der Waals surface area contributed by atoms with Gasteiger partial charge < -0.3 is 85.1 Å². The smallest absolute Gasteiger partial charge is 0.327 e. The number of hydrogen-bond acceptors (Lipinski definition) is 19. The average Bonchev–Trinajstić information content (AvgIpc) is 3.37. The monoisotopic (exact) mass is 1150 g/mol. The van der Waals surface area contributed by atoms with Gasteiger partial charge in [0, 0.05) is 30.1 Å². The maximum Gasteiger partial charge on any atom is 0.327 e. The van der Waals surface area contributed by atoms with Crippen LogP contribution in [0.3, 0.4) is 0 Å². The number of carboxylic acid groups (broad SMARTS) is 2. The molecular weight excluding hydrogens is 1080 g/mol. The Kier molecular flexibility index (Phi) is 33.4. The number of carbonyl (C=O) groups is 13. The molecule has 0 fully saturated rings. The molecule has 18 N–H and O–H groups in total. The number of rotatable bonds is 37. The van der Waals surface area contributed by atoms with Gasteiger partial charge in [-0.25, -0.2) is 4.79 Å². The standard InChI is InChI=1S/C45H78N12O17S3/c1-8-20(5)33(54-30(61)14-46)43(71)55-32(19(3)4)41(69)49-24(11-13-31(62)63)36(64)48-23(10-12-29(47)60)37(65)51-26(16-75)39(67)52-27(17-76)40(68)57-35(22(7)59)44(72)50-25(15-58)38(66)56-34(21(6)9-2)42(70)53-28(18-77)45(73)74/h19-28,32-35,58-59,75-77H,8-18,46H2,1-7H3,(H2,47,60)(H,48,64)(H,49,69)(H,50,72)(H,51,65)(H,52,67)(H,53,70)(H,54,61)(H,55,71)(H,56,66)(H,57,68)(H,62,63)(H,73,74)/t20-,21-,22+,23-,24-,25-,26-,27-,28-,32-,33-,34-,35-/m0/s1. The number of aliphatic hydroxyl groups excluding tert-OH is 2. The first kappa shape index (κ1) is 71.0. The Balaban J connectivity index is 6.40. The van der Waals surface area contributed by atoms with Gasteiger partial charge in [-0.3, -0.25) is 57.5 Å². The minimum Gasteiger partial charge on any atom is -0.481 e. The number of nitrogens with two attached hydrogens (primary N) is 2. The summed E-state index contributed by atoms with van der Waals surface area (Å²) in [7, 11) is 0. The second-order valence-corrected chi connectivity index (χ2v) is 19.4. The van der Waals surface area contributed by atoms with Crippen LogP contribution >= 0.6 is 37.9 Å². The third-order valence-electron chi connectivity index (χ3n) is 11.9. The van der Waals surface area contributed by atoms with Crippen LogP contribution < -0.4 is 64.6 Å². The summed E-state index contributed by atoms with van der Waals surface area (Å²) in [5, 5.41) is 62.8. The molecule has 0 saturated heterocycles. The van der Waals surface area contributed by atoms with E-state index >= 15 is 0 Å². The fraction of sp³-hybridized carbons (Fsp3) is 0.711. The first-order chi connectivity index (χ1) is 36.0. The fourth-order valence-electron chi connectivity index (χ4n) is 6.79. The maximum atomic E-state index is 13.8. The Morgan fingerprint density at radius 3 is 1.19 bits per heavy atom. The number of aliphatic hydroxyl groups is 2. The van der Waals surface area contributed by atoms with E-state index in [9.17, 15) is 82.8 Å². The van der Waals surface area contributed by atoms with Gasteiger partial charge in [0.05, 0.1) is 19.3 Å². The Bertz CT molecular complexity index is 2080. The highest BCUT2D eigenvalue weighted by atomic mass is 32.1. The van der Waals surface area contributed by atoms with Crippen LogP contribution in [0, 0.1) is 17.8 Å². The third-order valence-corrected chi connectivity index (χ3v) is 13.0. The lowest BCUT2D eigenvalue weighted by Crippen LogP contribution is -2.63. The quantitative estimate of drug-likeness (QED) is 0.0258. The van der Waals surface area contributed by atoms with Gasteiger partial charge in [0.15, 0.2) is 0 Å². The van der Waals surface area contributed by atoms with E-state index in [-0.39, 0.29) is 5.75 Å².